The molecule has 0 aliphatic carbocycles. The SMILES string of the molecule is CCO.[Al].[Li]. The van der Waals surface area contributed by atoms with Crippen molar-refractivity contribution in [1.82, 2.24) is 0 Å². The van der Waals surface area contributed by atoms with E-state index >= 15 is 0 Å². The van der Waals surface area contributed by atoms with E-state index in [1.165, 1.54) is 0 Å². The summed E-state index contributed by atoms with van der Waals surface area (Å²) in [6.45, 7) is 1.93. The number of aliphatic hydroxyl groups excluding tert-OH is 1. The Balaban J connectivity index is -0.0000000200. The van der Waals surface area contributed by atoms with Crippen LogP contribution >= 0.6 is 0 Å². The molecule has 5 heavy (non-hydrogen) atoms. The second-order valence-electron chi connectivity index (χ2n) is 0.316. The Labute approximate surface area is 55.1 Å². The first-order chi connectivity index (χ1) is 1.41. The van der Waals surface area contributed by atoms with E-state index in [2.05, 4.69) is 0 Å². The molecule has 0 atom stereocenters. The van der Waals surface area contributed by atoms with E-state index in [9.17, 15) is 0 Å². The van der Waals surface area contributed by atoms with Gasteiger partial charge in [0.25, 0.3) is 0 Å². The van der Waals surface area contributed by atoms with Crippen LogP contribution in [0, 0.1) is 0 Å². The molecule has 0 aromatic rings. The molecule has 0 fully saturated rings. The van der Waals surface area contributed by atoms with Crippen LogP contribution in [0.25, 0.3) is 0 Å². The first-order valence-corrected chi connectivity index (χ1v) is 1.02. The zero-order valence-electron chi connectivity index (χ0n) is 3.73. The predicted octanol–water partition coefficient (Wildman–Crippen LogP) is -0.763. The van der Waals surface area contributed by atoms with Crippen molar-refractivity contribution in [2.75, 3.05) is 6.61 Å². The Hall–Kier alpha value is 1.09. The van der Waals surface area contributed by atoms with Crippen LogP contribution in [0.15, 0.2) is 0 Å². The first kappa shape index (κ1) is 16.5. The van der Waals surface area contributed by atoms with Gasteiger partial charge < -0.3 is 5.11 Å². The third-order valence-electron chi connectivity index (χ3n) is 0. The second kappa shape index (κ2) is 19.5. The number of hydrogen-bond acceptors (Lipinski definition) is 1. The molecule has 24 valence electrons. The van der Waals surface area contributed by atoms with Crippen LogP contribution in [0.4, 0.5) is 0 Å². The van der Waals surface area contributed by atoms with Gasteiger partial charge in [-0.25, -0.2) is 0 Å². The molecule has 0 bridgehead atoms. The van der Waals surface area contributed by atoms with Crippen LogP contribution < -0.4 is 0 Å². The first-order valence-electron chi connectivity index (χ1n) is 1.02. The average Bonchev–Trinajstić information content (AvgIpc) is 0.918. The molecule has 0 spiro atoms. The molecule has 3 heteroatoms. The Bertz CT molecular complexity index is 9.61. The zero-order chi connectivity index (χ0) is 2.71. The summed E-state index contributed by atoms with van der Waals surface area (Å²) in [4.78, 5) is 0. The van der Waals surface area contributed by atoms with E-state index in [0.29, 0.717) is 0 Å². The minimum Gasteiger partial charge on any atom is -0.397 e. The van der Waals surface area contributed by atoms with Gasteiger partial charge in [-0.15, -0.1) is 0 Å². The Kier molecular flexibility index (Phi) is 64.4. The molecule has 0 rings (SSSR count). The van der Waals surface area contributed by atoms with Crippen molar-refractivity contribution in [1.29, 1.82) is 0 Å². The third-order valence-corrected chi connectivity index (χ3v) is 0. The van der Waals surface area contributed by atoms with Crippen LogP contribution in [0.2, 0.25) is 0 Å². The fourth-order valence-corrected chi connectivity index (χ4v) is 0. The van der Waals surface area contributed by atoms with Gasteiger partial charge in [-0.2, -0.15) is 0 Å². The molecule has 0 aliphatic rings. The number of aliphatic hydroxyl groups is 1. The van der Waals surface area contributed by atoms with Gasteiger partial charge in [0.05, 0.1) is 0 Å². The summed E-state index contributed by atoms with van der Waals surface area (Å²) in [5.41, 5.74) is 0. The van der Waals surface area contributed by atoms with Crippen LogP contribution in [0.1, 0.15) is 6.92 Å². The second-order valence-corrected chi connectivity index (χ2v) is 0.316. The molecule has 4 radical (unpaired) electrons. The number of rotatable bonds is 0. The summed E-state index contributed by atoms with van der Waals surface area (Å²) < 4.78 is 0. The van der Waals surface area contributed by atoms with Gasteiger partial charge in [0.1, 0.15) is 0 Å². The maximum Gasteiger partial charge on any atom is 0.0402 e. The van der Waals surface area contributed by atoms with Crippen LogP contribution in [0.3, 0.4) is 0 Å². The van der Waals surface area contributed by atoms with Crippen molar-refractivity contribution in [3.8, 4) is 0 Å². The van der Waals surface area contributed by atoms with Gasteiger partial charge in [0.2, 0.25) is 0 Å². The molecule has 0 heterocycles. The van der Waals surface area contributed by atoms with E-state index in [0.717, 1.165) is 0 Å². The largest absolute Gasteiger partial charge is 0.397 e. The predicted molar refractivity (Wildman–Crippen MR) is 24.3 cm³/mol. The minimum absolute atomic E-state index is 0. The molecule has 0 saturated heterocycles. The molecule has 0 amide bonds. The van der Waals surface area contributed by atoms with Gasteiger partial charge in [0.15, 0.2) is 0 Å². The summed E-state index contributed by atoms with van der Waals surface area (Å²) >= 11 is 0. The van der Waals surface area contributed by atoms with E-state index in [1.54, 1.807) is 6.92 Å². The fraction of sp³-hybridized carbons (Fsp3) is 1.00. The fourth-order valence-electron chi connectivity index (χ4n) is 0. The minimum atomic E-state index is 0. The summed E-state index contributed by atoms with van der Waals surface area (Å²) in [6.07, 6.45) is 0. The van der Waals surface area contributed by atoms with Gasteiger partial charge in [-0.05, 0) is 6.92 Å². The van der Waals surface area contributed by atoms with Gasteiger partial charge in [-0.3, -0.25) is 0 Å². The van der Waals surface area contributed by atoms with E-state index in [1.807, 2.05) is 0 Å². The summed E-state index contributed by atoms with van der Waals surface area (Å²) in [7, 11) is 0. The molecule has 0 aromatic heterocycles. The summed E-state index contributed by atoms with van der Waals surface area (Å²) in [5.74, 6) is 0. The van der Waals surface area contributed by atoms with Crippen LogP contribution in [0.5, 0.6) is 0 Å². The molecular formula is C2H6AlLiO. The Morgan fingerprint density at radius 3 is 1.60 bits per heavy atom. The van der Waals surface area contributed by atoms with Crippen molar-refractivity contribution in [3.05, 3.63) is 0 Å². The van der Waals surface area contributed by atoms with Gasteiger partial charge in [0, 0.05) is 42.8 Å². The average molecular weight is 80.0 g/mol. The van der Waals surface area contributed by atoms with Crippen molar-refractivity contribution < 1.29 is 5.11 Å². The molecule has 0 saturated carbocycles. The van der Waals surface area contributed by atoms with E-state index < -0.39 is 0 Å². The zero-order valence-corrected chi connectivity index (χ0v) is 4.89. The number of hydrogen-bond donors (Lipinski definition) is 1. The van der Waals surface area contributed by atoms with E-state index in [4.69, 9.17) is 5.11 Å². The molecular weight excluding hydrogens is 73.9 g/mol. The molecule has 0 unspecified atom stereocenters. The van der Waals surface area contributed by atoms with Crippen LogP contribution in [-0.2, 0) is 0 Å². The monoisotopic (exact) mass is 80.0 g/mol. The van der Waals surface area contributed by atoms with Gasteiger partial charge in [-0.1, -0.05) is 0 Å². The van der Waals surface area contributed by atoms with Crippen molar-refractivity contribution >= 4 is 36.2 Å². The van der Waals surface area contributed by atoms with Crippen molar-refractivity contribution in [3.63, 3.8) is 0 Å². The Morgan fingerprint density at radius 1 is 1.60 bits per heavy atom. The third kappa shape index (κ3) is 40.9. The smallest absolute Gasteiger partial charge is 0.0402 e. The Morgan fingerprint density at radius 2 is 1.60 bits per heavy atom. The molecule has 0 aliphatic heterocycles. The summed E-state index contributed by atoms with van der Waals surface area (Å²) in [5, 5.41) is 7.57. The topological polar surface area (TPSA) is 20.2 Å². The molecule has 1 nitrogen and oxygen atoms in total. The molecule has 0 aromatic carbocycles. The maximum absolute atomic E-state index is 7.57. The van der Waals surface area contributed by atoms with Gasteiger partial charge >= 0.3 is 0 Å². The quantitative estimate of drug-likeness (QED) is 0.379. The van der Waals surface area contributed by atoms with E-state index in [-0.39, 0.29) is 42.8 Å². The maximum atomic E-state index is 7.57. The summed E-state index contributed by atoms with van der Waals surface area (Å²) in [6, 6.07) is 0. The normalized spacial score (nSPS) is 3.60. The standard InChI is InChI=1S/C2H6O.Al.Li/c1-2-3;;/h3H,2H2,1H3;;. The van der Waals surface area contributed by atoms with Crippen molar-refractivity contribution in [2.24, 2.45) is 0 Å². The molecule has 1 N–H and O–H groups in total. The van der Waals surface area contributed by atoms with Crippen LogP contribution in [-0.4, -0.2) is 47.9 Å². The van der Waals surface area contributed by atoms with Crippen molar-refractivity contribution in [2.45, 2.75) is 6.92 Å².